The number of nitrogens with zero attached hydrogens (tertiary/aromatic N) is 1. The number of rotatable bonds is 6. The van der Waals surface area contributed by atoms with Crippen LogP contribution < -0.4 is 5.32 Å². The van der Waals surface area contributed by atoms with Crippen molar-refractivity contribution in [1.82, 2.24) is 10.2 Å². The zero-order chi connectivity index (χ0) is 17.7. The third-order valence-corrected chi connectivity index (χ3v) is 5.15. The molecule has 1 aliphatic rings. The maximum atomic E-state index is 15.1. The zero-order valence-electron chi connectivity index (χ0n) is 16.0. The normalized spacial score (nSPS) is 25.2. The van der Waals surface area contributed by atoms with E-state index in [2.05, 4.69) is 31.0 Å². The molecule has 0 aromatic heterocycles. The first kappa shape index (κ1) is 20.4. The summed E-state index contributed by atoms with van der Waals surface area (Å²) in [6, 6.07) is 0. The van der Waals surface area contributed by atoms with Crippen molar-refractivity contribution in [2.75, 3.05) is 26.2 Å². The van der Waals surface area contributed by atoms with Crippen LogP contribution in [0.2, 0.25) is 0 Å². The Bertz CT molecular complexity index is 378. The third-order valence-electron chi connectivity index (χ3n) is 5.15. The van der Waals surface area contributed by atoms with Gasteiger partial charge in [-0.1, -0.05) is 41.5 Å². The summed E-state index contributed by atoms with van der Waals surface area (Å²) in [5, 5.41) is 2.84. The molecular formula is C19H37FN2O. The average molecular weight is 329 g/mol. The molecule has 136 valence electrons. The smallest absolute Gasteiger partial charge is 0.223 e. The van der Waals surface area contributed by atoms with Gasteiger partial charge in [-0.3, -0.25) is 4.79 Å². The molecule has 1 saturated heterocycles. The maximum absolute atomic E-state index is 15.1. The number of amides is 1. The molecule has 0 aromatic rings. The highest BCUT2D eigenvalue weighted by Crippen LogP contribution is 2.27. The van der Waals surface area contributed by atoms with Crippen molar-refractivity contribution in [3.8, 4) is 0 Å². The van der Waals surface area contributed by atoms with Crippen LogP contribution in [0.15, 0.2) is 0 Å². The lowest BCUT2D eigenvalue weighted by Gasteiger charge is -2.27. The van der Waals surface area contributed by atoms with Gasteiger partial charge < -0.3 is 10.2 Å². The fourth-order valence-electron chi connectivity index (χ4n) is 2.82. The highest BCUT2D eigenvalue weighted by molar-refractivity contribution is 5.78. The number of likely N-dealkylation sites (tertiary alicyclic amines) is 1. The second-order valence-electron chi connectivity index (χ2n) is 8.91. The van der Waals surface area contributed by atoms with Crippen molar-refractivity contribution in [3.63, 3.8) is 0 Å². The second kappa shape index (κ2) is 8.46. The number of hydrogen-bond acceptors (Lipinski definition) is 2. The lowest BCUT2D eigenvalue weighted by Crippen LogP contribution is -2.43. The minimum absolute atomic E-state index is 0.0224. The van der Waals surface area contributed by atoms with Crippen LogP contribution in [0.4, 0.5) is 4.39 Å². The van der Waals surface area contributed by atoms with Crippen LogP contribution in [0, 0.1) is 17.3 Å². The Labute approximate surface area is 142 Å². The molecule has 1 N–H and O–H groups in total. The highest BCUT2D eigenvalue weighted by atomic mass is 19.1. The number of carbonyl (C=O) groups excluding carboxylic acids is 1. The fourth-order valence-corrected chi connectivity index (χ4v) is 2.82. The van der Waals surface area contributed by atoms with Crippen molar-refractivity contribution in [2.24, 2.45) is 17.3 Å². The van der Waals surface area contributed by atoms with Gasteiger partial charge in [0.2, 0.25) is 5.91 Å². The number of hydrogen-bond donors (Lipinski definition) is 1. The van der Waals surface area contributed by atoms with E-state index in [9.17, 15) is 4.79 Å². The third kappa shape index (κ3) is 7.65. The molecule has 2 unspecified atom stereocenters. The van der Waals surface area contributed by atoms with Crippen LogP contribution >= 0.6 is 0 Å². The summed E-state index contributed by atoms with van der Waals surface area (Å²) >= 11 is 0. The van der Waals surface area contributed by atoms with Crippen LogP contribution in [-0.4, -0.2) is 42.7 Å². The Hall–Kier alpha value is -0.640. The topological polar surface area (TPSA) is 32.3 Å². The van der Waals surface area contributed by atoms with Gasteiger partial charge in [0.15, 0.2) is 0 Å². The van der Waals surface area contributed by atoms with E-state index in [0.717, 1.165) is 32.5 Å². The molecular weight excluding hydrogens is 291 g/mol. The SMILES string of the molecule is CC(C)C(C)C(=O)NCC1(F)CCCN(CCC(C)(C)C)CC1. The van der Waals surface area contributed by atoms with Crippen molar-refractivity contribution < 1.29 is 9.18 Å². The standard InChI is InChI=1S/C19H37FN2O/c1-15(2)16(3)17(23)21-14-19(20)8-7-11-22(13-10-19)12-9-18(4,5)6/h15-16H,7-14H2,1-6H3,(H,21,23). The van der Waals surface area contributed by atoms with E-state index in [1.54, 1.807) is 0 Å². The predicted octanol–water partition coefficient (Wildman–Crippen LogP) is 4.03. The molecule has 0 bridgehead atoms. The first-order valence-corrected chi connectivity index (χ1v) is 9.21. The molecule has 4 heteroatoms. The largest absolute Gasteiger partial charge is 0.353 e. The van der Waals surface area contributed by atoms with Gasteiger partial charge in [-0.2, -0.15) is 0 Å². The number of alkyl halides is 1. The minimum atomic E-state index is -1.25. The summed E-state index contributed by atoms with van der Waals surface area (Å²) in [5.41, 5.74) is -0.928. The van der Waals surface area contributed by atoms with E-state index < -0.39 is 5.67 Å². The van der Waals surface area contributed by atoms with Crippen molar-refractivity contribution in [2.45, 2.75) is 72.9 Å². The molecule has 23 heavy (non-hydrogen) atoms. The molecule has 1 amide bonds. The number of nitrogens with one attached hydrogen (secondary N) is 1. The molecule has 1 aliphatic heterocycles. The first-order chi connectivity index (χ1) is 10.5. The summed E-state index contributed by atoms with van der Waals surface area (Å²) in [5.74, 6) is 0.200. The number of carbonyl (C=O) groups is 1. The second-order valence-corrected chi connectivity index (χ2v) is 8.91. The Morgan fingerprint density at radius 1 is 1.22 bits per heavy atom. The lowest BCUT2D eigenvalue weighted by molar-refractivity contribution is -0.126. The Morgan fingerprint density at radius 2 is 1.87 bits per heavy atom. The molecule has 1 fully saturated rings. The lowest BCUT2D eigenvalue weighted by atomic mass is 9.92. The highest BCUT2D eigenvalue weighted by Gasteiger charge is 2.33. The Morgan fingerprint density at radius 3 is 2.43 bits per heavy atom. The summed E-state index contributed by atoms with van der Waals surface area (Å²) < 4.78 is 15.1. The van der Waals surface area contributed by atoms with E-state index in [0.29, 0.717) is 18.3 Å². The molecule has 3 nitrogen and oxygen atoms in total. The van der Waals surface area contributed by atoms with Gasteiger partial charge in [-0.25, -0.2) is 4.39 Å². The predicted molar refractivity (Wildman–Crippen MR) is 95.2 cm³/mol. The molecule has 0 aliphatic carbocycles. The Kier molecular flexibility index (Phi) is 7.50. The van der Waals surface area contributed by atoms with Gasteiger partial charge in [0.05, 0.1) is 6.54 Å². The number of halogens is 1. The first-order valence-electron chi connectivity index (χ1n) is 9.21. The minimum Gasteiger partial charge on any atom is -0.353 e. The maximum Gasteiger partial charge on any atom is 0.223 e. The van der Waals surface area contributed by atoms with Crippen LogP contribution in [0.5, 0.6) is 0 Å². The zero-order valence-corrected chi connectivity index (χ0v) is 16.0. The molecule has 1 heterocycles. The summed E-state index contributed by atoms with van der Waals surface area (Å²) in [7, 11) is 0. The van der Waals surface area contributed by atoms with E-state index in [4.69, 9.17) is 0 Å². The van der Waals surface area contributed by atoms with E-state index in [-0.39, 0.29) is 24.3 Å². The van der Waals surface area contributed by atoms with Crippen molar-refractivity contribution in [3.05, 3.63) is 0 Å². The molecule has 2 atom stereocenters. The van der Waals surface area contributed by atoms with Crippen LogP contribution in [-0.2, 0) is 4.79 Å². The van der Waals surface area contributed by atoms with Gasteiger partial charge in [0.1, 0.15) is 5.67 Å². The van der Waals surface area contributed by atoms with Gasteiger partial charge in [-0.15, -0.1) is 0 Å². The molecule has 1 rings (SSSR count). The van der Waals surface area contributed by atoms with Gasteiger partial charge in [-0.05, 0) is 50.1 Å². The van der Waals surface area contributed by atoms with Crippen LogP contribution in [0.1, 0.15) is 67.2 Å². The van der Waals surface area contributed by atoms with Crippen LogP contribution in [0.25, 0.3) is 0 Å². The van der Waals surface area contributed by atoms with E-state index in [1.165, 1.54) is 0 Å². The van der Waals surface area contributed by atoms with E-state index >= 15 is 4.39 Å². The van der Waals surface area contributed by atoms with Crippen LogP contribution in [0.3, 0.4) is 0 Å². The van der Waals surface area contributed by atoms with E-state index in [1.807, 2.05) is 20.8 Å². The van der Waals surface area contributed by atoms with Crippen molar-refractivity contribution in [1.29, 1.82) is 0 Å². The van der Waals surface area contributed by atoms with Crippen molar-refractivity contribution >= 4 is 5.91 Å². The quantitative estimate of drug-likeness (QED) is 0.798. The molecule has 0 aromatic carbocycles. The van der Waals surface area contributed by atoms with Gasteiger partial charge in [0.25, 0.3) is 0 Å². The monoisotopic (exact) mass is 328 g/mol. The van der Waals surface area contributed by atoms with Gasteiger partial charge >= 0.3 is 0 Å². The fraction of sp³-hybridized carbons (Fsp3) is 0.947. The summed E-state index contributed by atoms with van der Waals surface area (Å²) in [6.07, 6.45) is 3.08. The summed E-state index contributed by atoms with van der Waals surface area (Å²) in [6.45, 7) is 15.7. The average Bonchev–Trinajstić information content (AvgIpc) is 2.63. The Balaban J connectivity index is 2.44. The summed E-state index contributed by atoms with van der Waals surface area (Å²) in [4.78, 5) is 14.4. The van der Waals surface area contributed by atoms with Gasteiger partial charge in [0, 0.05) is 12.5 Å². The molecule has 0 saturated carbocycles. The molecule has 0 radical (unpaired) electrons. The molecule has 0 spiro atoms.